The van der Waals surface area contributed by atoms with Gasteiger partial charge >= 0.3 is 0 Å². The van der Waals surface area contributed by atoms with Gasteiger partial charge in [-0.1, -0.05) is 69.0 Å². The summed E-state index contributed by atoms with van der Waals surface area (Å²) in [4.78, 5) is 2.55. The molecule has 0 unspecified atom stereocenters. The quantitative estimate of drug-likeness (QED) is 0.245. The number of aryl methyl sites for hydroxylation is 2. The van der Waals surface area contributed by atoms with Crippen molar-refractivity contribution in [3.8, 4) is 11.1 Å². The highest BCUT2D eigenvalue weighted by molar-refractivity contribution is 5.67. The van der Waals surface area contributed by atoms with Crippen molar-refractivity contribution in [1.82, 2.24) is 0 Å². The highest BCUT2D eigenvalue weighted by Crippen LogP contribution is 2.26. The van der Waals surface area contributed by atoms with Crippen LogP contribution in [0.3, 0.4) is 0 Å². The molecule has 0 aromatic heterocycles. The minimum atomic E-state index is 1.13. The zero-order valence-corrected chi connectivity index (χ0v) is 19.3. The second-order valence-electron chi connectivity index (χ2n) is 8.55. The summed E-state index contributed by atoms with van der Waals surface area (Å²) in [6.07, 6.45) is 9.94. The maximum absolute atomic E-state index is 4.00. The standard InChI is InChI=1S/C28H41N/c1-6-12-25-14-15-27(22-24(25)5)26-16-18-28(19-17-26)29(20-7-2)21-11-9-8-10-13-23(3)4/h14-19,22H,3,6-13,20-21H2,1-2,4-5H3. The van der Waals surface area contributed by atoms with E-state index in [4.69, 9.17) is 0 Å². The van der Waals surface area contributed by atoms with Gasteiger partial charge in [0.05, 0.1) is 0 Å². The lowest BCUT2D eigenvalue weighted by Crippen LogP contribution is -2.25. The molecule has 2 rings (SSSR count). The Morgan fingerprint density at radius 1 is 0.828 bits per heavy atom. The van der Waals surface area contributed by atoms with Gasteiger partial charge < -0.3 is 4.90 Å². The van der Waals surface area contributed by atoms with E-state index in [0.29, 0.717) is 0 Å². The number of nitrogens with zero attached hydrogens (tertiary/aromatic N) is 1. The van der Waals surface area contributed by atoms with Crippen LogP contribution >= 0.6 is 0 Å². The first-order valence-electron chi connectivity index (χ1n) is 11.6. The number of allylic oxidation sites excluding steroid dienone is 1. The Hall–Kier alpha value is -2.02. The molecule has 0 heterocycles. The lowest BCUT2D eigenvalue weighted by molar-refractivity contribution is 0.620. The Kier molecular flexibility index (Phi) is 10.0. The number of hydrogen-bond acceptors (Lipinski definition) is 1. The van der Waals surface area contributed by atoms with Crippen molar-refractivity contribution in [3.63, 3.8) is 0 Å². The van der Waals surface area contributed by atoms with Gasteiger partial charge in [-0.3, -0.25) is 0 Å². The maximum atomic E-state index is 4.00. The third-order valence-corrected chi connectivity index (χ3v) is 5.70. The summed E-state index contributed by atoms with van der Waals surface area (Å²) in [5, 5.41) is 0. The second kappa shape index (κ2) is 12.5. The highest BCUT2D eigenvalue weighted by Gasteiger charge is 2.07. The molecule has 0 saturated heterocycles. The Labute approximate surface area is 179 Å². The monoisotopic (exact) mass is 391 g/mol. The zero-order chi connectivity index (χ0) is 21.1. The lowest BCUT2D eigenvalue weighted by Gasteiger charge is -2.24. The number of anilines is 1. The van der Waals surface area contributed by atoms with E-state index in [9.17, 15) is 0 Å². The minimum absolute atomic E-state index is 1.13. The molecule has 2 aromatic carbocycles. The van der Waals surface area contributed by atoms with E-state index in [1.165, 1.54) is 84.9 Å². The average Bonchev–Trinajstić information content (AvgIpc) is 2.71. The van der Waals surface area contributed by atoms with Gasteiger partial charge in [0.15, 0.2) is 0 Å². The van der Waals surface area contributed by atoms with Crippen LogP contribution in [-0.4, -0.2) is 13.1 Å². The van der Waals surface area contributed by atoms with E-state index < -0.39 is 0 Å². The van der Waals surface area contributed by atoms with Crippen molar-refractivity contribution in [2.24, 2.45) is 0 Å². The van der Waals surface area contributed by atoms with Gasteiger partial charge in [-0.15, -0.1) is 6.58 Å². The summed E-state index contributed by atoms with van der Waals surface area (Å²) in [5.74, 6) is 0. The van der Waals surface area contributed by atoms with E-state index in [2.05, 4.69) is 81.6 Å². The van der Waals surface area contributed by atoms with Crippen molar-refractivity contribution < 1.29 is 0 Å². The smallest absolute Gasteiger partial charge is 0.0366 e. The van der Waals surface area contributed by atoms with E-state index in [0.717, 1.165) is 13.1 Å². The minimum Gasteiger partial charge on any atom is -0.372 e. The molecule has 0 spiro atoms. The van der Waals surface area contributed by atoms with Crippen LogP contribution in [0, 0.1) is 6.92 Å². The molecule has 1 heteroatoms. The molecule has 0 radical (unpaired) electrons. The van der Waals surface area contributed by atoms with Crippen LogP contribution in [0.2, 0.25) is 0 Å². The molecule has 158 valence electrons. The molecule has 0 N–H and O–H groups in total. The highest BCUT2D eigenvalue weighted by atomic mass is 15.1. The summed E-state index contributed by atoms with van der Waals surface area (Å²) in [7, 11) is 0. The van der Waals surface area contributed by atoms with Gasteiger partial charge in [-0.25, -0.2) is 0 Å². The summed E-state index contributed by atoms with van der Waals surface area (Å²) in [5.41, 5.74) is 8.20. The Morgan fingerprint density at radius 3 is 2.14 bits per heavy atom. The zero-order valence-electron chi connectivity index (χ0n) is 19.3. The number of benzene rings is 2. The predicted octanol–water partition coefficient (Wildman–Crippen LogP) is 8.36. The molecule has 0 atom stereocenters. The van der Waals surface area contributed by atoms with Crippen molar-refractivity contribution in [3.05, 3.63) is 65.7 Å². The molecule has 29 heavy (non-hydrogen) atoms. The van der Waals surface area contributed by atoms with Gasteiger partial charge in [0.1, 0.15) is 0 Å². The van der Waals surface area contributed by atoms with Gasteiger partial charge in [-0.2, -0.15) is 0 Å². The lowest BCUT2D eigenvalue weighted by atomic mass is 9.97. The molecule has 2 aromatic rings. The Balaban J connectivity index is 1.96. The topological polar surface area (TPSA) is 3.24 Å². The number of unbranched alkanes of at least 4 members (excludes halogenated alkanes) is 3. The van der Waals surface area contributed by atoms with Crippen molar-refractivity contribution in [1.29, 1.82) is 0 Å². The number of rotatable bonds is 13. The molecule has 1 nitrogen and oxygen atoms in total. The first kappa shape index (κ1) is 23.3. The van der Waals surface area contributed by atoms with Crippen molar-refractivity contribution >= 4 is 5.69 Å². The Morgan fingerprint density at radius 2 is 1.52 bits per heavy atom. The van der Waals surface area contributed by atoms with E-state index in [-0.39, 0.29) is 0 Å². The van der Waals surface area contributed by atoms with Crippen LogP contribution in [0.5, 0.6) is 0 Å². The molecule has 0 aliphatic heterocycles. The average molecular weight is 392 g/mol. The van der Waals surface area contributed by atoms with Crippen LogP contribution in [0.15, 0.2) is 54.6 Å². The fourth-order valence-electron chi connectivity index (χ4n) is 4.01. The first-order chi connectivity index (χ1) is 14.0. The van der Waals surface area contributed by atoms with Crippen molar-refractivity contribution in [2.45, 2.75) is 79.1 Å². The molecule has 0 aliphatic carbocycles. The fraction of sp³-hybridized carbons (Fsp3) is 0.500. The SMILES string of the molecule is C=C(C)CCCCCCN(CCC)c1ccc(-c2ccc(CCC)c(C)c2)cc1. The molecule has 0 fully saturated rings. The molecule has 0 aliphatic rings. The fourth-order valence-corrected chi connectivity index (χ4v) is 4.01. The van der Waals surface area contributed by atoms with Gasteiger partial charge in [0, 0.05) is 18.8 Å². The van der Waals surface area contributed by atoms with E-state index in [1.54, 1.807) is 0 Å². The predicted molar refractivity (Wildman–Crippen MR) is 131 cm³/mol. The normalized spacial score (nSPS) is 10.9. The van der Waals surface area contributed by atoms with Crippen LogP contribution < -0.4 is 4.90 Å². The van der Waals surface area contributed by atoms with Crippen molar-refractivity contribution in [2.75, 3.05) is 18.0 Å². The molecular weight excluding hydrogens is 350 g/mol. The maximum Gasteiger partial charge on any atom is 0.0366 e. The largest absolute Gasteiger partial charge is 0.372 e. The molecule has 0 bridgehead atoms. The van der Waals surface area contributed by atoms with E-state index in [1.807, 2.05) is 0 Å². The van der Waals surface area contributed by atoms with Gasteiger partial charge in [0.2, 0.25) is 0 Å². The molecule has 0 saturated carbocycles. The van der Waals surface area contributed by atoms with Crippen LogP contribution in [0.4, 0.5) is 5.69 Å². The summed E-state index contributed by atoms with van der Waals surface area (Å²) < 4.78 is 0. The first-order valence-corrected chi connectivity index (χ1v) is 11.6. The van der Waals surface area contributed by atoms with Crippen LogP contribution in [-0.2, 0) is 6.42 Å². The molecular formula is C28H41N. The third-order valence-electron chi connectivity index (χ3n) is 5.70. The van der Waals surface area contributed by atoms with Crippen LogP contribution in [0.25, 0.3) is 11.1 Å². The Bertz CT molecular complexity index is 741. The third kappa shape index (κ3) is 7.72. The molecule has 0 amide bonds. The van der Waals surface area contributed by atoms with Gasteiger partial charge in [-0.05, 0) is 80.3 Å². The van der Waals surface area contributed by atoms with Gasteiger partial charge in [0.25, 0.3) is 0 Å². The summed E-state index contributed by atoms with van der Waals surface area (Å²) >= 11 is 0. The van der Waals surface area contributed by atoms with E-state index >= 15 is 0 Å². The summed E-state index contributed by atoms with van der Waals surface area (Å²) in [6, 6.07) is 16.1. The number of hydrogen-bond donors (Lipinski definition) is 0. The summed E-state index contributed by atoms with van der Waals surface area (Å²) in [6.45, 7) is 15.2. The van der Waals surface area contributed by atoms with Crippen LogP contribution in [0.1, 0.15) is 76.8 Å². The second-order valence-corrected chi connectivity index (χ2v) is 8.55.